The first kappa shape index (κ1) is 13.7. The molecule has 0 bridgehead atoms. The molecule has 1 aromatic heterocycles. The molecule has 0 amide bonds. The number of hydrogen-bond acceptors (Lipinski definition) is 3. The predicted octanol–water partition coefficient (Wildman–Crippen LogP) is 3.42. The van der Waals surface area contributed by atoms with E-state index in [1.807, 2.05) is 23.3 Å². The molecule has 1 fully saturated rings. The first-order chi connectivity index (χ1) is 9.83. The van der Waals surface area contributed by atoms with Crippen LogP contribution in [0.25, 0.3) is 5.69 Å². The van der Waals surface area contributed by atoms with Gasteiger partial charge in [0, 0.05) is 30.2 Å². The van der Waals surface area contributed by atoms with Gasteiger partial charge in [-0.2, -0.15) is 11.8 Å². The highest BCUT2D eigenvalue weighted by molar-refractivity contribution is 7.99. The number of nitrogens with one attached hydrogen (secondary N) is 1. The Morgan fingerprint density at radius 1 is 1.35 bits per heavy atom. The lowest BCUT2D eigenvalue weighted by Gasteiger charge is -2.26. The molecule has 0 spiro atoms. The number of nitrogens with zero attached hydrogens (tertiary/aromatic N) is 2. The van der Waals surface area contributed by atoms with E-state index in [2.05, 4.69) is 53.3 Å². The third-order valence-electron chi connectivity index (χ3n) is 3.88. The van der Waals surface area contributed by atoms with Crippen molar-refractivity contribution in [2.45, 2.75) is 31.8 Å². The quantitative estimate of drug-likeness (QED) is 0.934. The number of benzene rings is 1. The molecule has 1 aliphatic heterocycles. The Morgan fingerprint density at radius 3 is 2.95 bits per heavy atom. The van der Waals surface area contributed by atoms with Gasteiger partial charge in [0.2, 0.25) is 0 Å². The van der Waals surface area contributed by atoms with E-state index in [1.54, 1.807) is 0 Å². The number of imidazole rings is 1. The van der Waals surface area contributed by atoms with Crippen LogP contribution in [0.1, 0.15) is 31.4 Å². The molecule has 1 N–H and O–H groups in total. The number of rotatable bonds is 4. The van der Waals surface area contributed by atoms with Gasteiger partial charge in [0.15, 0.2) is 0 Å². The second-order valence-corrected chi connectivity index (χ2v) is 6.56. The summed E-state index contributed by atoms with van der Waals surface area (Å²) in [6, 6.07) is 9.76. The van der Waals surface area contributed by atoms with Crippen LogP contribution < -0.4 is 5.32 Å². The lowest BCUT2D eigenvalue weighted by atomic mass is 10.0. The highest BCUT2D eigenvalue weighted by Crippen LogP contribution is 2.22. The van der Waals surface area contributed by atoms with E-state index in [-0.39, 0.29) is 0 Å². The van der Waals surface area contributed by atoms with Crippen LogP contribution in [0.15, 0.2) is 43.0 Å². The van der Waals surface area contributed by atoms with Gasteiger partial charge in [0.05, 0.1) is 6.33 Å². The molecule has 20 heavy (non-hydrogen) atoms. The fourth-order valence-corrected chi connectivity index (χ4v) is 3.79. The van der Waals surface area contributed by atoms with Crippen LogP contribution in [0.5, 0.6) is 0 Å². The topological polar surface area (TPSA) is 29.9 Å². The van der Waals surface area contributed by atoms with Crippen molar-refractivity contribution in [1.82, 2.24) is 14.9 Å². The van der Waals surface area contributed by atoms with Crippen molar-refractivity contribution in [3.8, 4) is 5.69 Å². The van der Waals surface area contributed by atoms with E-state index in [9.17, 15) is 0 Å². The van der Waals surface area contributed by atoms with Gasteiger partial charge in [-0.15, -0.1) is 0 Å². The molecule has 3 rings (SSSR count). The van der Waals surface area contributed by atoms with Gasteiger partial charge in [-0.05, 0) is 49.0 Å². The molecule has 1 saturated heterocycles. The molecule has 2 aromatic rings. The lowest BCUT2D eigenvalue weighted by molar-refractivity contribution is 0.431. The summed E-state index contributed by atoms with van der Waals surface area (Å²) in [7, 11) is 0. The minimum Gasteiger partial charge on any atom is -0.307 e. The van der Waals surface area contributed by atoms with Crippen LogP contribution in [0.4, 0.5) is 0 Å². The van der Waals surface area contributed by atoms with Crippen molar-refractivity contribution in [2.24, 2.45) is 0 Å². The van der Waals surface area contributed by atoms with Gasteiger partial charge in [-0.25, -0.2) is 4.98 Å². The fourth-order valence-electron chi connectivity index (χ4n) is 2.68. The zero-order valence-corrected chi connectivity index (χ0v) is 12.6. The van der Waals surface area contributed by atoms with E-state index in [1.165, 1.54) is 35.6 Å². The van der Waals surface area contributed by atoms with Crippen LogP contribution in [-0.2, 0) is 0 Å². The van der Waals surface area contributed by atoms with Gasteiger partial charge in [0.25, 0.3) is 0 Å². The summed E-state index contributed by atoms with van der Waals surface area (Å²) in [6.45, 7) is 2.26. The summed E-state index contributed by atoms with van der Waals surface area (Å²) in [6.07, 6.45) is 8.21. The molecule has 106 valence electrons. The molecule has 1 unspecified atom stereocenters. The zero-order chi connectivity index (χ0) is 13.8. The van der Waals surface area contributed by atoms with Crippen LogP contribution in [0.3, 0.4) is 0 Å². The van der Waals surface area contributed by atoms with Crippen LogP contribution >= 0.6 is 11.8 Å². The maximum atomic E-state index is 4.11. The molecular weight excluding hydrogens is 266 g/mol. The van der Waals surface area contributed by atoms with Crippen LogP contribution in [0.2, 0.25) is 0 Å². The summed E-state index contributed by atoms with van der Waals surface area (Å²) in [5.41, 5.74) is 2.52. The molecule has 1 atom stereocenters. The standard InChI is InChI=1S/C16H21N3S/c1-13(18-15-5-9-20-10-6-15)14-3-2-4-16(11-14)19-8-7-17-12-19/h2-4,7-8,11-13,15,18H,5-6,9-10H2,1H3. The molecule has 1 aromatic carbocycles. The molecule has 0 radical (unpaired) electrons. The second-order valence-electron chi connectivity index (χ2n) is 5.34. The van der Waals surface area contributed by atoms with Crippen molar-refractivity contribution < 1.29 is 0 Å². The molecule has 3 nitrogen and oxygen atoms in total. The number of hydrogen-bond donors (Lipinski definition) is 1. The van der Waals surface area contributed by atoms with Gasteiger partial charge >= 0.3 is 0 Å². The van der Waals surface area contributed by atoms with Crippen molar-refractivity contribution >= 4 is 11.8 Å². The van der Waals surface area contributed by atoms with E-state index in [4.69, 9.17) is 0 Å². The third kappa shape index (κ3) is 3.25. The molecular formula is C16H21N3S. The highest BCUT2D eigenvalue weighted by Gasteiger charge is 2.16. The first-order valence-corrected chi connectivity index (χ1v) is 8.40. The van der Waals surface area contributed by atoms with Crippen molar-refractivity contribution in [3.05, 3.63) is 48.5 Å². The van der Waals surface area contributed by atoms with Crippen LogP contribution in [0, 0.1) is 0 Å². The summed E-state index contributed by atoms with van der Waals surface area (Å²) in [4.78, 5) is 4.11. The number of aromatic nitrogens is 2. The smallest absolute Gasteiger partial charge is 0.0991 e. The average Bonchev–Trinajstić information content (AvgIpc) is 3.03. The van der Waals surface area contributed by atoms with E-state index >= 15 is 0 Å². The lowest BCUT2D eigenvalue weighted by Crippen LogP contribution is -2.34. The molecule has 1 aliphatic rings. The van der Waals surface area contributed by atoms with E-state index < -0.39 is 0 Å². The summed E-state index contributed by atoms with van der Waals surface area (Å²) in [5, 5.41) is 3.77. The Morgan fingerprint density at radius 2 is 2.20 bits per heavy atom. The summed E-state index contributed by atoms with van der Waals surface area (Å²) >= 11 is 2.07. The SMILES string of the molecule is CC(NC1CCSCC1)c1cccc(-n2ccnc2)c1. The summed E-state index contributed by atoms with van der Waals surface area (Å²) in [5.74, 6) is 2.58. The van der Waals surface area contributed by atoms with E-state index in [0.717, 1.165) is 0 Å². The minimum absolute atomic E-state index is 0.395. The Bertz CT molecular complexity index is 532. The van der Waals surface area contributed by atoms with Gasteiger partial charge in [-0.1, -0.05) is 12.1 Å². The molecule has 0 saturated carbocycles. The Labute approximate surface area is 124 Å². The fraction of sp³-hybridized carbons (Fsp3) is 0.438. The zero-order valence-electron chi connectivity index (χ0n) is 11.8. The first-order valence-electron chi connectivity index (χ1n) is 7.25. The van der Waals surface area contributed by atoms with Gasteiger partial charge in [-0.3, -0.25) is 0 Å². The maximum Gasteiger partial charge on any atom is 0.0991 e. The molecule has 4 heteroatoms. The van der Waals surface area contributed by atoms with Crippen molar-refractivity contribution in [2.75, 3.05) is 11.5 Å². The molecule has 0 aliphatic carbocycles. The Kier molecular flexibility index (Phi) is 4.43. The normalized spacial score (nSPS) is 18.1. The Hall–Kier alpha value is -1.26. The Balaban J connectivity index is 1.71. The maximum absolute atomic E-state index is 4.11. The highest BCUT2D eigenvalue weighted by atomic mass is 32.2. The van der Waals surface area contributed by atoms with Gasteiger partial charge in [0.1, 0.15) is 0 Å². The molecule has 2 heterocycles. The summed E-state index contributed by atoms with van der Waals surface area (Å²) < 4.78 is 2.05. The monoisotopic (exact) mass is 287 g/mol. The van der Waals surface area contributed by atoms with Crippen molar-refractivity contribution in [3.63, 3.8) is 0 Å². The largest absolute Gasteiger partial charge is 0.307 e. The predicted molar refractivity (Wildman–Crippen MR) is 85.5 cm³/mol. The van der Waals surface area contributed by atoms with E-state index in [0.29, 0.717) is 12.1 Å². The van der Waals surface area contributed by atoms with Crippen LogP contribution in [-0.4, -0.2) is 27.1 Å². The average molecular weight is 287 g/mol. The third-order valence-corrected chi connectivity index (χ3v) is 4.93. The number of thioether (sulfide) groups is 1. The second kappa shape index (κ2) is 6.46. The van der Waals surface area contributed by atoms with Crippen molar-refractivity contribution in [1.29, 1.82) is 0 Å². The minimum atomic E-state index is 0.395. The van der Waals surface area contributed by atoms with Gasteiger partial charge < -0.3 is 9.88 Å².